The molecule has 1 unspecified atom stereocenters. The number of nitrogens with one attached hydrogen (secondary N) is 1. The lowest BCUT2D eigenvalue weighted by Crippen LogP contribution is -2.24. The molecule has 1 heterocycles. The Hall–Kier alpha value is -0.930. The molecular weight excluding hydrogens is 193 g/mol. The van der Waals surface area contributed by atoms with Crippen molar-refractivity contribution in [1.82, 2.24) is 5.32 Å². The number of hydrogen-bond acceptors (Lipinski definition) is 2. The second kappa shape index (κ2) is 4.73. The lowest BCUT2D eigenvalue weighted by atomic mass is 9.99. The summed E-state index contributed by atoms with van der Waals surface area (Å²) in [7, 11) is 0. The van der Waals surface area contributed by atoms with E-state index in [1.165, 1.54) is 25.0 Å². The number of aliphatic hydroxyl groups excluding tert-OH is 1. The first kappa shape index (κ1) is 10.6. The van der Waals surface area contributed by atoms with E-state index >= 15 is 0 Å². The molecule has 1 aromatic rings. The Morgan fingerprint density at radius 1 is 1.40 bits per heavy atom. The summed E-state index contributed by atoms with van der Waals surface area (Å²) in [6.45, 7) is 0.986. The third-order valence-electron chi connectivity index (χ3n) is 2.97. The normalized spacial score (nSPS) is 20.8. The molecule has 0 spiro atoms. The summed E-state index contributed by atoms with van der Waals surface area (Å²) in [6.07, 6.45) is 3.26. The van der Waals surface area contributed by atoms with Gasteiger partial charge in [-0.05, 0) is 49.1 Å². The van der Waals surface area contributed by atoms with Gasteiger partial charge in [0, 0.05) is 6.04 Å². The molecule has 0 bridgehead atoms. The summed E-state index contributed by atoms with van der Waals surface area (Å²) in [5, 5.41) is 12.5. The predicted octanol–water partition coefficient (Wildman–Crippen LogP) is 1.61. The second-order valence-corrected chi connectivity index (χ2v) is 4.07. The third-order valence-corrected chi connectivity index (χ3v) is 2.97. The van der Waals surface area contributed by atoms with Gasteiger partial charge in [0.05, 0.1) is 6.61 Å². The maximum absolute atomic E-state index is 12.9. The molecule has 1 aliphatic heterocycles. The molecule has 3 heteroatoms. The van der Waals surface area contributed by atoms with Gasteiger partial charge in [0.2, 0.25) is 0 Å². The van der Waals surface area contributed by atoms with E-state index in [2.05, 4.69) is 5.32 Å². The number of halogens is 1. The lowest BCUT2D eigenvalue weighted by molar-refractivity contribution is 0.279. The minimum absolute atomic E-state index is 0.0835. The van der Waals surface area contributed by atoms with E-state index in [4.69, 9.17) is 5.11 Å². The highest BCUT2D eigenvalue weighted by Crippen LogP contribution is 2.17. The van der Waals surface area contributed by atoms with Crippen LogP contribution in [-0.4, -0.2) is 17.7 Å². The summed E-state index contributed by atoms with van der Waals surface area (Å²) in [6, 6.07) is 5.15. The molecule has 0 saturated carbocycles. The molecule has 1 saturated heterocycles. The fraction of sp³-hybridized carbons (Fsp3) is 0.500. The van der Waals surface area contributed by atoms with Crippen molar-refractivity contribution < 1.29 is 9.50 Å². The molecule has 2 N–H and O–H groups in total. The van der Waals surface area contributed by atoms with E-state index in [-0.39, 0.29) is 12.4 Å². The Morgan fingerprint density at radius 3 is 2.93 bits per heavy atom. The summed E-state index contributed by atoms with van der Waals surface area (Å²) >= 11 is 0. The van der Waals surface area contributed by atoms with Crippen LogP contribution in [-0.2, 0) is 13.0 Å². The van der Waals surface area contributed by atoms with E-state index in [9.17, 15) is 4.39 Å². The van der Waals surface area contributed by atoms with Crippen LogP contribution in [0.15, 0.2) is 18.2 Å². The smallest absolute Gasteiger partial charge is 0.123 e. The van der Waals surface area contributed by atoms with Crippen molar-refractivity contribution in [3.8, 4) is 0 Å². The lowest BCUT2D eigenvalue weighted by Gasteiger charge is -2.13. The molecule has 2 nitrogen and oxygen atoms in total. The quantitative estimate of drug-likeness (QED) is 0.792. The van der Waals surface area contributed by atoms with Crippen molar-refractivity contribution in [3.05, 3.63) is 35.1 Å². The number of aliphatic hydroxyl groups is 1. The van der Waals surface area contributed by atoms with Gasteiger partial charge >= 0.3 is 0 Å². The van der Waals surface area contributed by atoms with Crippen molar-refractivity contribution in [1.29, 1.82) is 0 Å². The second-order valence-electron chi connectivity index (χ2n) is 4.07. The van der Waals surface area contributed by atoms with Crippen LogP contribution < -0.4 is 5.32 Å². The third kappa shape index (κ3) is 2.55. The zero-order chi connectivity index (χ0) is 10.7. The Bertz CT molecular complexity index is 334. The van der Waals surface area contributed by atoms with Crippen molar-refractivity contribution in [2.75, 3.05) is 6.54 Å². The minimum Gasteiger partial charge on any atom is -0.392 e. The Labute approximate surface area is 89.1 Å². The van der Waals surface area contributed by atoms with E-state index in [1.54, 1.807) is 6.07 Å². The molecule has 1 atom stereocenters. The van der Waals surface area contributed by atoms with Gasteiger partial charge < -0.3 is 10.4 Å². The van der Waals surface area contributed by atoms with Gasteiger partial charge in [0.15, 0.2) is 0 Å². The number of rotatable bonds is 3. The highest BCUT2D eigenvalue weighted by Gasteiger charge is 2.15. The topological polar surface area (TPSA) is 32.3 Å². The Kier molecular flexibility index (Phi) is 3.34. The average molecular weight is 209 g/mol. The molecule has 0 aliphatic carbocycles. The molecule has 0 aromatic heterocycles. The van der Waals surface area contributed by atoms with Gasteiger partial charge in [0.25, 0.3) is 0 Å². The van der Waals surface area contributed by atoms with Gasteiger partial charge in [0.1, 0.15) is 5.82 Å². The molecular formula is C12H16FNO. The van der Waals surface area contributed by atoms with E-state index in [1.807, 2.05) is 0 Å². The number of benzene rings is 1. The van der Waals surface area contributed by atoms with Crippen LogP contribution in [0.5, 0.6) is 0 Å². The summed E-state index contributed by atoms with van der Waals surface area (Å²) < 4.78 is 12.9. The van der Waals surface area contributed by atoms with E-state index < -0.39 is 0 Å². The average Bonchev–Trinajstić information content (AvgIpc) is 2.73. The molecule has 0 amide bonds. The molecule has 2 rings (SSSR count). The van der Waals surface area contributed by atoms with Crippen molar-refractivity contribution >= 4 is 0 Å². The molecule has 1 aromatic carbocycles. The fourth-order valence-corrected chi connectivity index (χ4v) is 2.14. The van der Waals surface area contributed by atoms with E-state index in [0.717, 1.165) is 18.5 Å². The van der Waals surface area contributed by atoms with Gasteiger partial charge in [-0.25, -0.2) is 4.39 Å². The fourth-order valence-electron chi connectivity index (χ4n) is 2.14. The van der Waals surface area contributed by atoms with Crippen LogP contribution in [0.3, 0.4) is 0 Å². The van der Waals surface area contributed by atoms with Crippen LogP contribution in [0, 0.1) is 5.82 Å². The van der Waals surface area contributed by atoms with Gasteiger partial charge in [-0.2, -0.15) is 0 Å². The highest BCUT2D eigenvalue weighted by atomic mass is 19.1. The van der Waals surface area contributed by atoms with Crippen molar-refractivity contribution in [2.45, 2.75) is 31.9 Å². The molecule has 15 heavy (non-hydrogen) atoms. The van der Waals surface area contributed by atoms with Gasteiger partial charge in [-0.3, -0.25) is 0 Å². The molecule has 82 valence electrons. The predicted molar refractivity (Wildman–Crippen MR) is 57.1 cm³/mol. The molecule has 1 aliphatic rings. The standard InChI is InChI=1S/C12H16FNO/c13-11-4-3-9(10(6-11)8-15)7-12-2-1-5-14-12/h3-4,6,12,14-15H,1-2,5,7-8H2. The maximum atomic E-state index is 12.9. The summed E-state index contributed by atoms with van der Waals surface area (Å²) in [4.78, 5) is 0. The Morgan fingerprint density at radius 2 is 2.27 bits per heavy atom. The maximum Gasteiger partial charge on any atom is 0.123 e. The molecule has 1 fully saturated rings. The Balaban J connectivity index is 2.12. The SMILES string of the molecule is OCc1cc(F)ccc1CC1CCCN1. The van der Waals surface area contributed by atoms with E-state index in [0.29, 0.717) is 11.6 Å². The largest absolute Gasteiger partial charge is 0.392 e. The number of hydrogen-bond donors (Lipinski definition) is 2. The first-order valence-electron chi connectivity index (χ1n) is 5.41. The van der Waals surface area contributed by atoms with Crippen LogP contribution in [0.2, 0.25) is 0 Å². The van der Waals surface area contributed by atoms with Crippen LogP contribution >= 0.6 is 0 Å². The first-order valence-corrected chi connectivity index (χ1v) is 5.41. The minimum atomic E-state index is -0.276. The van der Waals surface area contributed by atoms with Crippen molar-refractivity contribution in [2.24, 2.45) is 0 Å². The molecule has 0 radical (unpaired) electrons. The highest BCUT2D eigenvalue weighted by molar-refractivity contribution is 5.28. The van der Waals surface area contributed by atoms with Crippen molar-refractivity contribution in [3.63, 3.8) is 0 Å². The van der Waals surface area contributed by atoms with Crippen LogP contribution in [0.1, 0.15) is 24.0 Å². The van der Waals surface area contributed by atoms with Crippen LogP contribution in [0.25, 0.3) is 0 Å². The monoisotopic (exact) mass is 209 g/mol. The first-order chi connectivity index (χ1) is 7.29. The summed E-state index contributed by atoms with van der Waals surface area (Å²) in [5.41, 5.74) is 1.77. The van der Waals surface area contributed by atoms with Gasteiger partial charge in [-0.15, -0.1) is 0 Å². The van der Waals surface area contributed by atoms with Gasteiger partial charge in [-0.1, -0.05) is 6.07 Å². The zero-order valence-electron chi connectivity index (χ0n) is 8.67. The van der Waals surface area contributed by atoms with Crippen LogP contribution in [0.4, 0.5) is 4.39 Å². The summed E-state index contributed by atoms with van der Waals surface area (Å²) in [5.74, 6) is -0.276. The zero-order valence-corrected chi connectivity index (χ0v) is 8.67.